The largest absolute Gasteiger partial charge is 0.481 e. The zero-order valence-electron chi connectivity index (χ0n) is 10.4. The summed E-state index contributed by atoms with van der Waals surface area (Å²) in [4.78, 5) is 33.9. The van der Waals surface area contributed by atoms with Crippen LogP contribution in [0.3, 0.4) is 0 Å². The van der Waals surface area contributed by atoms with Crippen molar-refractivity contribution < 1.29 is 19.5 Å². The number of carboxylic acids is 1. The summed E-state index contributed by atoms with van der Waals surface area (Å²) >= 11 is 0. The van der Waals surface area contributed by atoms with E-state index >= 15 is 0 Å². The van der Waals surface area contributed by atoms with Gasteiger partial charge in [0.2, 0.25) is 5.91 Å². The highest BCUT2D eigenvalue weighted by Crippen LogP contribution is 2.17. The van der Waals surface area contributed by atoms with E-state index in [0.29, 0.717) is 19.4 Å². The van der Waals surface area contributed by atoms with Crippen molar-refractivity contribution in [3.63, 3.8) is 0 Å². The Morgan fingerprint density at radius 3 is 2.74 bits per heavy atom. The molecule has 0 aromatic rings. The Morgan fingerprint density at radius 1 is 1.32 bits per heavy atom. The molecule has 2 rings (SSSR count). The minimum Gasteiger partial charge on any atom is -0.481 e. The standard InChI is InChI=1S/C12H17N3O4/c16-10-9(2-1-5-13-10)15-12(19)14-8-4-3-7(6-8)11(17)18/h3-4,7-9H,1-2,5-6H2,(H,13,16)(H,17,18)(H2,14,15,19). The number of nitrogens with one attached hydrogen (secondary N) is 3. The van der Waals surface area contributed by atoms with Gasteiger partial charge in [0.1, 0.15) is 6.04 Å². The summed E-state index contributed by atoms with van der Waals surface area (Å²) < 4.78 is 0. The average molecular weight is 267 g/mol. The van der Waals surface area contributed by atoms with E-state index in [1.165, 1.54) is 0 Å². The molecule has 19 heavy (non-hydrogen) atoms. The fraction of sp³-hybridized carbons (Fsp3) is 0.583. The van der Waals surface area contributed by atoms with Crippen LogP contribution in [0.4, 0.5) is 4.79 Å². The van der Waals surface area contributed by atoms with Gasteiger partial charge in [-0.25, -0.2) is 4.79 Å². The number of rotatable bonds is 3. The molecule has 3 atom stereocenters. The minimum absolute atomic E-state index is 0.174. The lowest BCUT2D eigenvalue weighted by molar-refractivity contribution is -0.140. The lowest BCUT2D eigenvalue weighted by atomic mass is 10.1. The van der Waals surface area contributed by atoms with Crippen LogP contribution < -0.4 is 16.0 Å². The van der Waals surface area contributed by atoms with Crippen LogP contribution in [0.25, 0.3) is 0 Å². The first-order valence-corrected chi connectivity index (χ1v) is 6.32. The summed E-state index contributed by atoms with van der Waals surface area (Å²) in [6.07, 6.45) is 5.04. The van der Waals surface area contributed by atoms with Crippen molar-refractivity contribution in [1.29, 1.82) is 0 Å². The maximum absolute atomic E-state index is 11.7. The van der Waals surface area contributed by atoms with Gasteiger partial charge in [-0.2, -0.15) is 0 Å². The summed E-state index contributed by atoms with van der Waals surface area (Å²) in [6.45, 7) is 0.643. The summed E-state index contributed by atoms with van der Waals surface area (Å²) in [5.74, 6) is -1.62. The maximum Gasteiger partial charge on any atom is 0.315 e. The molecule has 104 valence electrons. The van der Waals surface area contributed by atoms with E-state index in [1.54, 1.807) is 12.2 Å². The lowest BCUT2D eigenvalue weighted by Gasteiger charge is -2.23. The number of carboxylic acid groups (broad SMARTS) is 1. The van der Waals surface area contributed by atoms with Crippen LogP contribution in [0.5, 0.6) is 0 Å². The van der Waals surface area contributed by atoms with Gasteiger partial charge in [-0.1, -0.05) is 12.2 Å². The van der Waals surface area contributed by atoms with Crippen molar-refractivity contribution in [3.8, 4) is 0 Å². The van der Waals surface area contributed by atoms with Crippen molar-refractivity contribution >= 4 is 17.9 Å². The molecule has 7 heteroatoms. The first-order chi connectivity index (χ1) is 9.06. The molecule has 1 aliphatic carbocycles. The molecule has 3 amide bonds. The van der Waals surface area contributed by atoms with E-state index in [9.17, 15) is 14.4 Å². The van der Waals surface area contributed by atoms with E-state index in [4.69, 9.17) is 5.11 Å². The fourth-order valence-electron chi connectivity index (χ4n) is 2.27. The van der Waals surface area contributed by atoms with Crippen molar-refractivity contribution in [3.05, 3.63) is 12.2 Å². The molecule has 1 fully saturated rings. The number of carbonyl (C=O) groups excluding carboxylic acids is 2. The molecule has 0 spiro atoms. The van der Waals surface area contributed by atoms with Gasteiger partial charge in [0, 0.05) is 6.54 Å². The molecular weight excluding hydrogens is 250 g/mol. The third-order valence-electron chi connectivity index (χ3n) is 3.31. The fourth-order valence-corrected chi connectivity index (χ4v) is 2.27. The number of piperidine rings is 1. The molecule has 1 saturated heterocycles. The Kier molecular flexibility index (Phi) is 4.03. The van der Waals surface area contributed by atoms with Gasteiger partial charge in [0.25, 0.3) is 0 Å². The molecule has 0 aromatic heterocycles. The molecule has 1 aliphatic heterocycles. The topological polar surface area (TPSA) is 108 Å². The van der Waals surface area contributed by atoms with Gasteiger partial charge in [0.05, 0.1) is 12.0 Å². The molecule has 7 nitrogen and oxygen atoms in total. The number of carbonyl (C=O) groups is 3. The Bertz CT molecular complexity index is 421. The third kappa shape index (κ3) is 3.46. The molecular formula is C12H17N3O4. The molecule has 0 radical (unpaired) electrons. The van der Waals surface area contributed by atoms with Gasteiger partial charge in [-0.3, -0.25) is 9.59 Å². The van der Waals surface area contributed by atoms with E-state index in [0.717, 1.165) is 6.42 Å². The van der Waals surface area contributed by atoms with Crippen molar-refractivity contribution in [2.24, 2.45) is 5.92 Å². The van der Waals surface area contributed by atoms with Crippen LogP contribution in [-0.2, 0) is 9.59 Å². The van der Waals surface area contributed by atoms with E-state index in [2.05, 4.69) is 16.0 Å². The van der Waals surface area contributed by atoms with Gasteiger partial charge in [0.15, 0.2) is 0 Å². The van der Waals surface area contributed by atoms with Crippen molar-refractivity contribution in [2.75, 3.05) is 6.54 Å². The number of amides is 3. The summed E-state index contributed by atoms with van der Waals surface area (Å²) in [7, 11) is 0. The molecule has 1 heterocycles. The highest BCUT2D eigenvalue weighted by Gasteiger charge is 2.27. The lowest BCUT2D eigenvalue weighted by Crippen LogP contribution is -2.53. The summed E-state index contributed by atoms with van der Waals surface area (Å²) in [5.41, 5.74) is 0. The second-order valence-corrected chi connectivity index (χ2v) is 4.78. The first kappa shape index (κ1) is 13.4. The molecule has 0 bridgehead atoms. The molecule has 0 saturated carbocycles. The van der Waals surface area contributed by atoms with E-state index in [1.807, 2.05) is 0 Å². The molecule has 2 aliphatic rings. The van der Waals surface area contributed by atoms with E-state index < -0.39 is 24.0 Å². The average Bonchev–Trinajstić information content (AvgIpc) is 2.80. The number of hydrogen-bond acceptors (Lipinski definition) is 3. The van der Waals surface area contributed by atoms with Crippen LogP contribution in [0.15, 0.2) is 12.2 Å². The van der Waals surface area contributed by atoms with E-state index in [-0.39, 0.29) is 11.9 Å². The molecule has 0 aromatic carbocycles. The summed E-state index contributed by atoms with van der Waals surface area (Å²) in [5, 5.41) is 16.8. The Labute approximate surface area is 110 Å². The Morgan fingerprint density at radius 2 is 2.11 bits per heavy atom. The minimum atomic E-state index is -0.896. The van der Waals surface area contributed by atoms with Gasteiger partial charge in [-0.15, -0.1) is 0 Å². The number of urea groups is 1. The molecule has 4 N–H and O–H groups in total. The first-order valence-electron chi connectivity index (χ1n) is 6.32. The normalized spacial score (nSPS) is 29.7. The monoisotopic (exact) mass is 267 g/mol. The quantitative estimate of drug-likeness (QED) is 0.521. The van der Waals surface area contributed by atoms with Gasteiger partial charge < -0.3 is 21.1 Å². The predicted molar refractivity (Wildman–Crippen MR) is 66.4 cm³/mol. The predicted octanol–water partition coefficient (Wildman–Crippen LogP) is -0.406. The highest BCUT2D eigenvalue weighted by molar-refractivity contribution is 5.87. The van der Waals surface area contributed by atoms with Crippen LogP contribution in [-0.4, -0.2) is 41.6 Å². The maximum atomic E-state index is 11.7. The summed E-state index contributed by atoms with van der Waals surface area (Å²) in [6, 6.07) is -1.25. The Balaban J connectivity index is 1.77. The van der Waals surface area contributed by atoms with Crippen LogP contribution in [0.2, 0.25) is 0 Å². The Hall–Kier alpha value is -2.05. The van der Waals surface area contributed by atoms with Crippen LogP contribution in [0, 0.1) is 5.92 Å². The number of aliphatic carboxylic acids is 1. The van der Waals surface area contributed by atoms with Crippen LogP contribution in [0.1, 0.15) is 19.3 Å². The van der Waals surface area contributed by atoms with Crippen molar-refractivity contribution in [2.45, 2.75) is 31.3 Å². The second kappa shape index (κ2) is 5.73. The van der Waals surface area contributed by atoms with Gasteiger partial charge in [-0.05, 0) is 19.3 Å². The van der Waals surface area contributed by atoms with Gasteiger partial charge >= 0.3 is 12.0 Å². The van der Waals surface area contributed by atoms with Crippen LogP contribution >= 0.6 is 0 Å². The highest BCUT2D eigenvalue weighted by atomic mass is 16.4. The zero-order valence-corrected chi connectivity index (χ0v) is 10.4. The third-order valence-corrected chi connectivity index (χ3v) is 3.31. The smallest absolute Gasteiger partial charge is 0.315 e. The second-order valence-electron chi connectivity index (χ2n) is 4.78. The van der Waals surface area contributed by atoms with Crippen molar-refractivity contribution in [1.82, 2.24) is 16.0 Å². The zero-order chi connectivity index (χ0) is 13.8. The number of hydrogen-bond donors (Lipinski definition) is 4. The SMILES string of the molecule is O=C(NC1C=CC(C(=O)O)C1)NC1CCCNC1=O. The molecule has 3 unspecified atom stereocenters.